The van der Waals surface area contributed by atoms with E-state index in [4.69, 9.17) is 4.74 Å². The third-order valence-electron chi connectivity index (χ3n) is 3.36. The predicted octanol–water partition coefficient (Wildman–Crippen LogP) is 4.07. The van der Waals surface area contributed by atoms with Crippen LogP contribution in [-0.4, -0.2) is 17.3 Å². The first-order chi connectivity index (χ1) is 9.32. The van der Waals surface area contributed by atoms with E-state index in [0.717, 1.165) is 5.56 Å². The molecule has 2 aromatic rings. The van der Waals surface area contributed by atoms with Gasteiger partial charge in [0, 0.05) is 11.1 Å². The van der Waals surface area contributed by atoms with Crippen LogP contribution < -0.4 is 4.74 Å². The SMILES string of the molecule is COc1ccc(O)c(-c2cc(C(C)(C)C)ccc2O)c1. The minimum Gasteiger partial charge on any atom is -0.507 e. The molecule has 3 heteroatoms. The standard InChI is InChI=1S/C17H20O3/c1-17(2,3)11-5-7-15(18)13(9-11)14-10-12(20-4)6-8-16(14)19/h5-10,18-19H,1-4H3. The molecule has 0 bridgehead atoms. The highest BCUT2D eigenvalue weighted by Gasteiger charge is 2.17. The van der Waals surface area contributed by atoms with Crippen LogP contribution >= 0.6 is 0 Å². The summed E-state index contributed by atoms with van der Waals surface area (Å²) in [7, 11) is 1.57. The number of phenolic OH excluding ortho intramolecular Hbond substituents is 2. The fourth-order valence-electron chi connectivity index (χ4n) is 2.08. The normalized spacial score (nSPS) is 11.4. The van der Waals surface area contributed by atoms with Crippen LogP contribution in [0.5, 0.6) is 17.2 Å². The maximum atomic E-state index is 10.1. The van der Waals surface area contributed by atoms with Gasteiger partial charge in [-0.3, -0.25) is 0 Å². The zero-order valence-electron chi connectivity index (χ0n) is 12.3. The van der Waals surface area contributed by atoms with Crippen LogP contribution in [0.1, 0.15) is 26.3 Å². The van der Waals surface area contributed by atoms with Crippen LogP contribution in [0.15, 0.2) is 36.4 Å². The molecule has 0 unspecified atom stereocenters. The number of aromatic hydroxyl groups is 2. The van der Waals surface area contributed by atoms with Gasteiger partial charge in [0.15, 0.2) is 0 Å². The van der Waals surface area contributed by atoms with Crippen molar-refractivity contribution in [2.45, 2.75) is 26.2 Å². The lowest BCUT2D eigenvalue weighted by molar-refractivity contribution is 0.412. The Labute approximate surface area is 119 Å². The van der Waals surface area contributed by atoms with E-state index in [-0.39, 0.29) is 16.9 Å². The molecule has 0 fully saturated rings. The van der Waals surface area contributed by atoms with E-state index in [1.807, 2.05) is 12.1 Å². The highest BCUT2D eigenvalue weighted by atomic mass is 16.5. The summed E-state index contributed by atoms with van der Waals surface area (Å²) in [6.45, 7) is 6.32. The Hall–Kier alpha value is -2.16. The summed E-state index contributed by atoms with van der Waals surface area (Å²) < 4.78 is 5.18. The molecule has 0 aromatic heterocycles. The summed E-state index contributed by atoms with van der Waals surface area (Å²) in [5.41, 5.74) is 2.23. The summed E-state index contributed by atoms with van der Waals surface area (Å²) in [5, 5.41) is 20.1. The number of hydrogen-bond acceptors (Lipinski definition) is 3. The third-order valence-corrected chi connectivity index (χ3v) is 3.36. The molecule has 0 saturated carbocycles. The van der Waals surface area contributed by atoms with Crippen molar-refractivity contribution < 1.29 is 14.9 Å². The molecule has 0 heterocycles. The lowest BCUT2D eigenvalue weighted by atomic mass is 9.85. The monoisotopic (exact) mass is 272 g/mol. The first kappa shape index (κ1) is 14.3. The maximum absolute atomic E-state index is 10.1. The van der Waals surface area contributed by atoms with E-state index in [2.05, 4.69) is 20.8 Å². The van der Waals surface area contributed by atoms with Gasteiger partial charge in [0.25, 0.3) is 0 Å². The second-order valence-corrected chi connectivity index (χ2v) is 5.87. The quantitative estimate of drug-likeness (QED) is 0.866. The Morgan fingerprint density at radius 2 is 1.40 bits per heavy atom. The number of methoxy groups -OCH3 is 1. The van der Waals surface area contributed by atoms with Gasteiger partial charge in [-0.25, -0.2) is 0 Å². The number of benzene rings is 2. The Morgan fingerprint density at radius 3 is 1.95 bits per heavy atom. The van der Waals surface area contributed by atoms with Crippen molar-refractivity contribution in [3.05, 3.63) is 42.0 Å². The second-order valence-electron chi connectivity index (χ2n) is 5.87. The molecule has 3 nitrogen and oxygen atoms in total. The number of hydrogen-bond donors (Lipinski definition) is 2. The Balaban J connectivity index is 2.63. The van der Waals surface area contributed by atoms with Crippen molar-refractivity contribution in [1.29, 1.82) is 0 Å². The average Bonchev–Trinajstić information content (AvgIpc) is 2.39. The van der Waals surface area contributed by atoms with Crippen molar-refractivity contribution in [1.82, 2.24) is 0 Å². The molecule has 0 amide bonds. The molecule has 0 radical (unpaired) electrons. The molecule has 106 valence electrons. The van der Waals surface area contributed by atoms with Crippen molar-refractivity contribution in [3.63, 3.8) is 0 Å². The summed E-state index contributed by atoms with van der Waals surface area (Å²) in [4.78, 5) is 0. The largest absolute Gasteiger partial charge is 0.507 e. The zero-order chi connectivity index (χ0) is 14.9. The van der Waals surface area contributed by atoms with Gasteiger partial charge in [-0.05, 0) is 41.3 Å². The summed E-state index contributed by atoms with van der Waals surface area (Å²) in [6, 6.07) is 10.4. The Bertz CT molecular complexity index is 625. The number of ether oxygens (including phenoxy) is 1. The van der Waals surface area contributed by atoms with Crippen molar-refractivity contribution in [2.75, 3.05) is 7.11 Å². The van der Waals surface area contributed by atoms with Gasteiger partial charge in [-0.1, -0.05) is 26.8 Å². The van der Waals surface area contributed by atoms with Crippen LogP contribution in [0.25, 0.3) is 11.1 Å². The van der Waals surface area contributed by atoms with Gasteiger partial charge >= 0.3 is 0 Å². The molecule has 0 spiro atoms. The molecule has 2 aromatic carbocycles. The van der Waals surface area contributed by atoms with E-state index in [9.17, 15) is 10.2 Å². The molecule has 2 rings (SSSR count). The molecular weight excluding hydrogens is 252 g/mol. The molecule has 0 aliphatic rings. The van der Waals surface area contributed by atoms with E-state index >= 15 is 0 Å². The highest BCUT2D eigenvalue weighted by molar-refractivity contribution is 5.77. The molecule has 0 saturated heterocycles. The van der Waals surface area contributed by atoms with E-state index < -0.39 is 0 Å². The highest BCUT2D eigenvalue weighted by Crippen LogP contribution is 2.39. The van der Waals surface area contributed by atoms with E-state index in [1.54, 1.807) is 31.4 Å². The van der Waals surface area contributed by atoms with Crippen molar-refractivity contribution >= 4 is 0 Å². The van der Waals surface area contributed by atoms with Crippen molar-refractivity contribution in [3.8, 4) is 28.4 Å². The fraction of sp³-hybridized carbons (Fsp3) is 0.294. The van der Waals surface area contributed by atoms with Gasteiger partial charge in [0.2, 0.25) is 0 Å². The average molecular weight is 272 g/mol. The smallest absolute Gasteiger partial charge is 0.123 e. The van der Waals surface area contributed by atoms with Gasteiger partial charge < -0.3 is 14.9 Å². The number of phenols is 2. The summed E-state index contributed by atoms with van der Waals surface area (Å²) in [6.07, 6.45) is 0. The molecular formula is C17H20O3. The lowest BCUT2D eigenvalue weighted by Crippen LogP contribution is -2.10. The lowest BCUT2D eigenvalue weighted by Gasteiger charge is -2.20. The first-order valence-corrected chi connectivity index (χ1v) is 6.54. The van der Waals surface area contributed by atoms with Gasteiger partial charge in [0.1, 0.15) is 17.2 Å². The number of rotatable bonds is 2. The van der Waals surface area contributed by atoms with E-state index in [0.29, 0.717) is 16.9 Å². The fourth-order valence-corrected chi connectivity index (χ4v) is 2.08. The molecule has 20 heavy (non-hydrogen) atoms. The Morgan fingerprint density at radius 1 is 0.850 bits per heavy atom. The first-order valence-electron chi connectivity index (χ1n) is 6.54. The van der Waals surface area contributed by atoms with Crippen LogP contribution in [0.3, 0.4) is 0 Å². The van der Waals surface area contributed by atoms with Crippen molar-refractivity contribution in [2.24, 2.45) is 0 Å². The van der Waals surface area contributed by atoms with Crippen LogP contribution in [-0.2, 0) is 5.41 Å². The minimum atomic E-state index is -0.0308. The summed E-state index contributed by atoms with van der Waals surface area (Å²) >= 11 is 0. The van der Waals surface area contributed by atoms with E-state index in [1.165, 1.54) is 0 Å². The second kappa shape index (κ2) is 5.08. The third kappa shape index (κ3) is 2.72. The Kier molecular flexibility index (Phi) is 3.62. The minimum absolute atomic E-state index is 0.0308. The van der Waals surface area contributed by atoms with Gasteiger partial charge in [0.05, 0.1) is 7.11 Å². The molecule has 2 N–H and O–H groups in total. The van der Waals surface area contributed by atoms with Gasteiger partial charge in [-0.15, -0.1) is 0 Å². The van der Waals surface area contributed by atoms with Crippen LogP contribution in [0.2, 0.25) is 0 Å². The van der Waals surface area contributed by atoms with Crippen LogP contribution in [0, 0.1) is 0 Å². The zero-order valence-corrected chi connectivity index (χ0v) is 12.3. The molecule has 0 aliphatic carbocycles. The molecule has 0 aliphatic heterocycles. The summed E-state index contributed by atoms with van der Waals surface area (Å²) in [5.74, 6) is 0.895. The maximum Gasteiger partial charge on any atom is 0.123 e. The van der Waals surface area contributed by atoms with Gasteiger partial charge in [-0.2, -0.15) is 0 Å². The predicted molar refractivity (Wildman–Crippen MR) is 80.5 cm³/mol. The van der Waals surface area contributed by atoms with Crippen LogP contribution in [0.4, 0.5) is 0 Å². The topological polar surface area (TPSA) is 49.7 Å². The molecule has 0 atom stereocenters.